The van der Waals surface area contributed by atoms with E-state index in [9.17, 15) is 4.79 Å². The maximum Gasteiger partial charge on any atom is 3.00 e. The summed E-state index contributed by atoms with van der Waals surface area (Å²) in [6, 6.07) is 0. The van der Waals surface area contributed by atoms with Gasteiger partial charge in [-0.2, -0.15) is 12.8 Å². The van der Waals surface area contributed by atoms with Crippen LogP contribution in [0.25, 0.3) is 5.57 Å². The molecule has 1 aliphatic carbocycles. The van der Waals surface area contributed by atoms with Gasteiger partial charge in [0.15, 0.2) is 0 Å². The summed E-state index contributed by atoms with van der Waals surface area (Å²) >= 11 is 0. The van der Waals surface area contributed by atoms with E-state index in [4.69, 9.17) is 5.11 Å². The van der Waals surface area contributed by atoms with Crippen molar-refractivity contribution in [3.05, 3.63) is 51.1 Å². The number of aromatic nitrogens is 2. The molecule has 0 aliphatic heterocycles. The van der Waals surface area contributed by atoms with Gasteiger partial charge in [0.2, 0.25) is 0 Å². The number of carboxylic acid groups (broad SMARTS) is 1. The molecule has 0 fully saturated rings. The van der Waals surface area contributed by atoms with Crippen molar-refractivity contribution in [3.8, 4) is 0 Å². The number of nitrogens with zero attached hydrogens (tertiary/aromatic N) is 2. The molecule has 0 saturated carbocycles. The molecule has 0 aromatic carbocycles. The van der Waals surface area contributed by atoms with E-state index in [0.29, 0.717) is 12.8 Å². The number of rotatable bonds is 4. The van der Waals surface area contributed by atoms with Gasteiger partial charge in [0, 0.05) is 11.8 Å². The van der Waals surface area contributed by atoms with Gasteiger partial charge < -0.3 is 26.4 Å². The van der Waals surface area contributed by atoms with Crippen LogP contribution in [0.2, 0.25) is 0 Å². The van der Waals surface area contributed by atoms with Crippen molar-refractivity contribution < 1.29 is 42.6 Å². The van der Waals surface area contributed by atoms with Crippen LogP contribution in [-0.4, -0.2) is 21.0 Å². The molecule has 98 valence electrons. The Labute approximate surface area is 139 Å². The third kappa shape index (κ3) is 3.29. The summed E-state index contributed by atoms with van der Waals surface area (Å²) in [6.07, 6.45) is 6.35. The van der Waals surface area contributed by atoms with Gasteiger partial charge in [0.1, 0.15) is 6.33 Å². The third-order valence-electron chi connectivity index (χ3n) is 3.24. The van der Waals surface area contributed by atoms with Crippen molar-refractivity contribution in [2.45, 2.75) is 24.7 Å². The molecular weight excluding hydrogens is 317 g/mol. The molecular formula is C14H17N2O2Y. The Morgan fingerprint density at radius 2 is 2.00 bits per heavy atom. The van der Waals surface area contributed by atoms with E-state index in [1.807, 2.05) is 6.08 Å². The minimum atomic E-state index is -0.857. The van der Waals surface area contributed by atoms with Gasteiger partial charge in [0.05, 0.1) is 12.1 Å². The van der Waals surface area contributed by atoms with Gasteiger partial charge in [-0.25, -0.2) is 9.97 Å². The fourth-order valence-electron chi connectivity index (χ4n) is 2.27. The molecule has 1 N–H and O–H groups in total. The predicted octanol–water partition coefficient (Wildman–Crippen LogP) is 2.48. The van der Waals surface area contributed by atoms with Crippen LogP contribution in [-0.2, 0) is 42.9 Å². The minimum absolute atomic E-state index is 0. The normalized spacial score (nSPS) is 14.7. The molecule has 0 saturated heterocycles. The Morgan fingerprint density at radius 3 is 2.53 bits per heavy atom. The quantitative estimate of drug-likeness (QED) is 0.860. The molecule has 0 bridgehead atoms. The summed E-state index contributed by atoms with van der Waals surface area (Å²) in [7, 11) is 0. The van der Waals surface area contributed by atoms with Crippen LogP contribution in [0, 0.1) is 21.3 Å². The minimum Gasteiger partial charge on any atom is -0.481 e. The Kier molecular flexibility index (Phi) is 7.02. The van der Waals surface area contributed by atoms with Gasteiger partial charge in [-0.3, -0.25) is 4.79 Å². The maximum absolute atomic E-state index is 10.8. The average Bonchev–Trinajstić information content (AvgIpc) is 2.64. The second kappa shape index (κ2) is 7.25. The Bertz CT molecular complexity index is 482. The van der Waals surface area contributed by atoms with Crippen molar-refractivity contribution in [1.82, 2.24) is 9.97 Å². The molecule has 0 unspecified atom stereocenters. The number of carbonyl (C=O) groups is 1. The van der Waals surface area contributed by atoms with Crippen LogP contribution < -0.4 is 0 Å². The van der Waals surface area contributed by atoms with Crippen LogP contribution >= 0.6 is 0 Å². The van der Waals surface area contributed by atoms with Gasteiger partial charge in [-0.1, -0.05) is 6.08 Å². The molecule has 4 nitrogen and oxygen atoms in total. The molecule has 0 radical (unpaired) electrons. The van der Waals surface area contributed by atoms with Gasteiger partial charge >= 0.3 is 38.7 Å². The Morgan fingerprint density at radius 1 is 1.37 bits per heavy atom. The maximum atomic E-state index is 10.8. The summed E-state index contributed by atoms with van der Waals surface area (Å²) in [5.41, 5.74) is 2.11. The van der Waals surface area contributed by atoms with Crippen molar-refractivity contribution >= 4 is 11.5 Å². The zero-order valence-corrected chi connectivity index (χ0v) is 13.9. The first-order valence-electron chi connectivity index (χ1n) is 5.46. The van der Waals surface area contributed by atoms with Crippen LogP contribution in [0.5, 0.6) is 0 Å². The molecule has 1 aromatic rings. The molecule has 1 heterocycles. The summed E-state index contributed by atoms with van der Waals surface area (Å²) in [5.74, 6) is -0.857. The van der Waals surface area contributed by atoms with Crippen molar-refractivity contribution in [1.29, 1.82) is 0 Å². The second-order valence-corrected chi connectivity index (χ2v) is 4.18. The molecule has 1 aromatic heterocycles. The van der Waals surface area contributed by atoms with Crippen LogP contribution in [0.3, 0.4) is 0 Å². The largest absolute Gasteiger partial charge is 3.00 e. The smallest absolute Gasteiger partial charge is 0.481 e. The van der Waals surface area contributed by atoms with E-state index in [1.54, 1.807) is 6.20 Å². The average molecular weight is 334 g/mol. The zero-order valence-electron chi connectivity index (χ0n) is 11.1. The molecule has 2 rings (SSSR count). The first kappa shape index (κ1) is 18.4. The Balaban J connectivity index is 0.00000162. The van der Waals surface area contributed by atoms with Crippen LogP contribution in [0.1, 0.15) is 30.5 Å². The number of hydrogen-bond donors (Lipinski definition) is 1. The number of hydrogen-bond acceptors (Lipinski definition) is 3. The van der Waals surface area contributed by atoms with E-state index in [2.05, 4.69) is 23.8 Å². The van der Waals surface area contributed by atoms with Crippen LogP contribution in [0.15, 0.2) is 18.6 Å². The monoisotopic (exact) mass is 334 g/mol. The summed E-state index contributed by atoms with van der Waals surface area (Å²) < 4.78 is 0. The molecule has 0 atom stereocenters. The Hall–Kier alpha value is -0.606. The standard InChI is InChI=1S/C13H14N2O2.CH3.Y/c1-3-13(4-2)6-9(5-11(16)17)12-10(13)7-14-8-15-12;;/h6-8H,1-5H2,(H,16,17);1H3;/q-2;-1;+3. The van der Waals surface area contributed by atoms with Gasteiger partial charge in [-0.15, -0.1) is 0 Å². The molecule has 5 heteroatoms. The second-order valence-electron chi connectivity index (χ2n) is 4.18. The van der Waals surface area contributed by atoms with Crippen molar-refractivity contribution in [3.63, 3.8) is 0 Å². The number of fused-ring (bicyclic) bond motifs is 1. The van der Waals surface area contributed by atoms with E-state index in [-0.39, 0.29) is 52.0 Å². The predicted molar refractivity (Wildman–Crippen MR) is 70.3 cm³/mol. The summed E-state index contributed by atoms with van der Waals surface area (Å²) in [4.78, 5) is 19.0. The fourth-order valence-corrected chi connectivity index (χ4v) is 2.27. The molecule has 19 heavy (non-hydrogen) atoms. The zero-order chi connectivity index (χ0) is 12.5. The molecule has 0 amide bonds. The van der Waals surface area contributed by atoms with E-state index < -0.39 is 5.97 Å². The number of aliphatic carboxylic acids is 1. The van der Waals surface area contributed by atoms with Crippen molar-refractivity contribution in [2.24, 2.45) is 0 Å². The van der Waals surface area contributed by atoms with Crippen molar-refractivity contribution in [2.75, 3.05) is 0 Å². The van der Waals surface area contributed by atoms with Gasteiger partial charge in [-0.05, 0) is 11.0 Å². The SMILES string of the molecule is [CH2-]CC1(C[CH2-])C=C(CC(=O)O)c2ncncc21.[CH3-].[Y+3]. The first-order chi connectivity index (χ1) is 8.13. The first-order valence-corrected chi connectivity index (χ1v) is 5.46. The summed E-state index contributed by atoms with van der Waals surface area (Å²) in [6.45, 7) is 7.87. The number of allylic oxidation sites excluding steroid dienone is 1. The summed E-state index contributed by atoms with van der Waals surface area (Å²) in [5, 5.41) is 8.90. The van der Waals surface area contributed by atoms with Gasteiger partial charge in [0.25, 0.3) is 0 Å². The van der Waals surface area contributed by atoms with E-state index in [1.165, 1.54) is 6.33 Å². The van der Waals surface area contributed by atoms with Crippen LogP contribution in [0.4, 0.5) is 0 Å². The van der Waals surface area contributed by atoms with E-state index in [0.717, 1.165) is 16.8 Å². The van der Waals surface area contributed by atoms with E-state index >= 15 is 0 Å². The molecule has 1 aliphatic rings. The third-order valence-corrected chi connectivity index (χ3v) is 3.24. The number of carboxylic acids is 1. The molecule has 0 spiro atoms. The fraction of sp³-hybridized carbons (Fsp3) is 0.286. The topological polar surface area (TPSA) is 63.1 Å².